The number of amides is 2. The van der Waals surface area contributed by atoms with Gasteiger partial charge in [-0.15, -0.1) is 0 Å². The SMILES string of the molecule is COc1ccc2cc([C@H](C)C(=O)NCCCCCC(=O)NC(CO)COP(=O)(O)OC3CCCC(O)C3)ccc2c1. The fourth-order valence-corrected chi connectivity index (χ4v) is 5.80. The normalized spacial score (nSPS) is 20.1. The summed E-state index contributed by atoms with van der Waals surface area (Å²) < 4.78 is 27.6. The Hall–Kier alpha value is -2.53. The van der Waals surface area contributed by atoms with Crippen molar-refractivity contribution in [3.63, 3.8) is 0 Å². The zero-order valence-electron chi connectivity index (χ0n) is 23.8. The van der Waals surface area contributed by atoms with Crippen LogP contribution < -0.4 is 15.4 Å². The molecule has 12 heteroatoms. The predicted octanol–water partition coefficient (Wildman–Crippen LogP) is 3.54. The summed E-state index contributed by atoms with van der Waals surface area (Å²) in [5.74, 6) is 0.0975. The van der Waals surface area contributed by atoms with Crippen molar-refractivity contribution in [2.45, 2.75) is 82.5 Å². The third-order valence-electron chi connectivity index (χ3n) is 7.25. The van der Waals surface area contributed by atoms with E-state index < -0.39 is 32.7 Å². The smallest absolute Gasteiger partial charge is 0.472 e. The van der Waals surface area contributed by atoms with Crippen LogP contribution in [0.2, 0.25) is 0 Å². The zero-order valence-corrected chi connectivity index (χ0v) is 24.7. The Morgan fingerprint density at radius 2 is 1.85 bits per heavy atom. The van der Waals surface area contributed by atoms with Crippen molar-refractivity contribution in [1.82, 2.24) is 10.6 Å². The molecule has 5 N–H and O–H groups in total. The first kappa shape index (κ1) is 33.0. The van der Waals surface area contributed by atoms with Crippen LogP contribution in [0.15, 0.2) is 36.4 Å². The lowest BCUT2D eigenvalue weighted by atomic mass is 9.95. The maximum absolute atomic E-state index is 12.6. The Balaban J connectivity index is 1.30. The molecule has 2 aromatic rings. The summed E-state index contributed by atoms with van der Waals surface area (Å²) in [6.07, 6.45) is 3.19. The lowest BCUT2D eigenvalue weighted by molar-refractivity contribution is -0.123. The van der Waals surface area contributed by atoms with Gasteiger partial charge in [0.05, 0.1) is 44.5 Å². The van der Waals surface area contributed by atoms with Crippen LogP contribution in [0.25, 0.3) is 10.8 Å². The lowest BCUT2D eigenvalue weighted by Crippen LogP contribution is -2.40. The number of aliphatic hydroxyl groups is 2. The summed E-state index contributed by atoms with van der Waals surface area (Å²) in [4.78, 5) is 34.9. The Morgan fingerprint density at radius 1 is 1.10 bits per heavy atom. The van der Waals surface area contributed by atoms with E-state index in [1.165, 1.54) is 0 Å². The molecule has 41 heavy (non-hydrogen) atoms. The summed E-state index contributed by atoms with van der Waals surface area (Å²) in [6, 6.07) is 10.9. The Kier molecular flexibility index (Phi) is 13.0. The molecule has 1 fully saturated rings. The molecule has 0 heterocycles. The standard InChI is InChI=1S/C29H43N2O9P/c1-20(21-10-11-23-16-26(38-2)13-12-22(23)15-21)29(35)30-14-5-3-4-9-28(34)31-24(18-32)19-39-41(36,37)40-27-8-6-7-25(33)17-27/h10-13,15-16,20,24-25,27,32-33H,3-9,14,17-19H2,1-2H3,(H,30,35)(H,31,34)(H,36,37)/t20-,24?,25?,27?/m0/s1. The molecule has 4 unspecified atom stereocenters. The number of aliphatic hydroxyl groups excluding tert-OH is 2. The number of hydrogen-bond donors (Lipinski definition) is 5. The monoisotopic (exact) mass is 594 g/mol. The summed E-state index contributed by atoms with van der Waals surface area (Å²) in [5.41, 5.74) is 0.927. The van der Waals surface area contributed by atoms with Crippen molar-refractivity contribution >= 4 is 30.4 Å². The number of carbonyl (C=O) groups is 2. The van der Waals surface area contributed by atoms with Crippen molar-refractivity contribution in [2.24, 2.45) is 0 Å². The van der Waals surface area contributed by atoms with E-state index in [-0.39, 0.29) is 37.2 Å². The van der Waals surface area contributed by atoms with Crippen molar-refractivity contribution in [3.05, 3.63) is 42.0 Å². The number of fused-ring (bicyclic) bond motifs is 1. The molecule has 1 aliphatic carbocycles. The van der Waals surface area contributed by atoms with Gasteiger partial charge in [-0.25, -0.2) is 4.57 Å². The molecular weight excluding hydrogens is 551 g/mol. The highest BCUT2D eigenvalue weighted by atomic mass is 31.2. The molecule has 1 aliphatic rings. The van der Waals surface area contributed by atoms with E-state index in [2.05, 4.69) is 10.6 Å². The number of carbonyl (C=O) groups excluding carboxylic acids is 2. The number of methoxy groups -OCH3 is 1. The number of benzene rings is 2. The van der Waals surface area contributed by atoms with Crippen LogP contribution in [0, 0.1) is 0 Å². The van der Waals surface area contributed by atoms with Crippen LogP contribution >= 0.6 is 7.82 Å². The minimum Gasteiger partial charge on any atom is -0.497 e. The molecule has 0 radical (unpaired) electrons. The van der Waals surface area contributed by atoms with Gasteiger partial charge in [0.1, 0.15) is 5.75 Å². The number of ether oxygens (including phenoxy) is 1. The zero-order chi connectivity index (χ0) is 29.8. The molecule has 228 valence electrons. The second kappa shape index (κ2) is 16.2. The molecule has 3 rings (SSSR count). The summed E-state index contributed by atoms with van der Waals surface area (Å²) >= 11 is 0. The van der Waals surface area contributed by atoms with Gasteiger partial charge < -0.3 is 30.5 Å². The number of rotatable bonds is 16. The average Bonchev–Trinajstić information content (AvgIpc) is 2.95. The van der Waals surface area contributed by atoms with Crippen molar-refractivity contribution < 1.29 is 43.0 Å². The second-order valence-corrected chi connectivity index (χ2v) is 12.0. The van der Waals surface area contributed by atoms with E-state index in [9.17, 15) is 29.3 Å². The highest BCUT2D eigenvalue weighted by Crippen LogP contribution is 2.46. The summed E-state index contributed by atoms with van der Waals surface area (Å²) in [5, 5.41) is 26.9. The van der Waals surface area contributed by atoms with Gasteiger partial charge in [-0.3, -0.25) is 18.6 Å². The number of phosphoric ester groups is 1. The number of hydrogen-bond acceptors (Lipinski definition) is 8. The van der Waals surface area contributed by atoms with Crippen LogP contribution in [0.5, 0.6) is 5.75 Å². The molecule has 2 aromatic carbocycles. The van der Waals surface area contributed by atoms with Gasteiger partial charge in [0.2, 0.25) is 11.8 Å². The van der Waals surface area contributed by atoms with Gasteiger partial charge in [0.25, 0.3) is 0 Å². The Morgan fingerprint density at radius 3 is 2.59 bits per heavy atom. The third kappa shape index (κ3) is 11.0. The van der Waals surface area contributed by atoms with Gasteiger partial charge >= 0.3 is 7.82 Å². The quantitative estimate of drug-likeness (QED) is 0.144. The van der Waals surface area contributed by atoms with Gasteiger partial charge in [-0.05, 0) is 67.5 Å². The first-order chi connectivity index (χ1) is 19.6. The van der Waals surface area contributed by atoms with E-state index in [0.717, 1.165) is 22.1 Å². The van der Waals surface area contributed by atoms with Crippen molar-refractivity contribution in [1.29, 1.82) is 0 Å². The fourth-order valence-electron chi connectivity index (χ4n) is 4.80. The molecule has 0 aromatic heterocycles. The number of phosphoric acid groups is 1. The van der Waals surface area contributed by atoms with E-state index in [0.29, 0.717) is 45.1 Å². The van der Waals surface area contributed by atoms with E-state index in [1.807, 2.05) is 43.3 Å². The molecular formula is C29H43N2O9P. The van der Waals surface area contributed by atoms with Crippen molar-refractivity contribution in [3.8, 4) is 5.75 Å². The number of unbranched alkanes of at least 4 members (excludes halogenated alkanes) is 2. The van der Waals surface area contributed by atoms with E-state index in [1.54, 1.807) is 7.11 Å². The largest absolute Gasteiger partial charge is 0.497 e. The molecule has 0 saturated heterocycles. The van der Waals surface area contributed by atoms with Gasteiger partial charge in [0, 0.05) is 19.4 Å². The first-order valence-corrected chi connectivity index (χ1v) is 15.7. The highest BCUT2D eigenvalue weighted by Gasteiger charge is 2.31. The van der Waals surface area contributed by atoms with E-state index >= 15 is 0 Å². The fraction of sp³-hybridized carbons (Fsp3) is 0.586. The second-order valence-electron chi connectivity index (χ2n) is 10.6. The minimum atomic E-state index is -4.39. The predicted molar refractivity (Wildman–Crippen MR) is 155 cm³/mol. The lowest BCUT2D eigenvalue weighted by Gasteiger charge is -2.27. The van der Waals surface area contributed by atoms with Crippen LogP contribution in [-0.2, 0) is 23.2 Å². The molecule has 5 atom stereocenters. The Bertz CT molecular complexity index is 1190. The highest BCUT2D eigenvalue weighted by molar-refractivity contribution is 7.47. The molecule has 0 spiro atoms. The first-order valence-electron chi connectivity index (χ1n) is 14.2. The molecule has 11 nitrogen and oxygen atoms in total. The summed E-state index contributed by atoms with van der Waals surface area (Å²) in [6.45, 7) is 1.50. The average molecular weight is 595 g/mol. The minimum absolute atomic E-state index is 0.0637. The molecule has 2 amide bonds. The third-order valence-corrected chi connectivity index (χ3v) is 8.29. The van der Waals surface area contributed by atoms with E-state index in [4.69, 9.17) is 13.8 Å². The Labute approximate surface area is 241 Å². The van der Waals surface area contributed by atoms with Gasteiger partial charge in [0.15, 0.2) is 0 Å². The maximum Gasteiger partial charge on any atom is 0.472 e. The maximum atomic E-state index is 12.6. The molecule has 0 bridgehead atoms. The van der Waals surface area contributed by atoms with Crippen LogP contribution in [0.4, 0.5) is 0 Å². The number of nitrogens with one attached hydrogen (secondary N) is 2. The topological polar surface area (TPSA) is 164 Å². The van der Waals surface area contributed by atoms with Crippen LogP contribution in [0.1, 0.15) is 69.8 Å². The van der Waals surface area contributed by atoms with Crippen LogP contribution in [-0.4, -0.2) is 72.0 Å². The van der Waals surface area contributed by atoms with Gasteiger partial charge in [-0.1, -0.05) is 30.7 Å². The molecule has 0 aliphatic heterocycles. The summed E-state index contributed by atoms with van der Waals surface area (Å²) in [7, 11) is -2.77. The molecule has 1 saturated carbocycles. The van der Waals surface area contributed by atoms with Crippen LogP contribution in [0.3, 0.4) is 0 Å². The van der Waals surface area contributed by atoms with Gasteiger partial charge in [-0.2, -0.15) is 0 Å². The van der Waals surface area contributed by atoms with Crippen molar-refractivity contribution in [2.75, 3.05) is 26.9 Å².